The zero-order valence-electron chi connectivity index (χ0n) is 8.29. The lowest BCUT2D eigenvalue weighted by Gasteiger charge is -1.98. The van der Waals surface area contributed by atoms with E-state index in [1.165, 1.54) is 0 Å². The Morgan fingerprint density at radius 2 is 1.39 bits per heavy atom. The van der Waals surface area contributed by atoms with Crippen LogP contribution in [0.5, 0.6) is 0 Å². The third-order valence-corrected chi connectivity index (χ3v) is 1.81. The zero-order chi connectivity index (χ0) is 13.9. The Balaban J connectivity index is 3.70. The highest BCUT2D eigenvalue weighted by molar-refractivity contribution is 5.70. The SMILES string of the molecule is [N-]=[N+]=Nc1cc([N+](=O)[O-])c([N+](=O)[O-])cc1[N+](=O)[O-]. The minimum Gasteiger partial charge on any atom is -0.258 e. The van der Waals surface area contributed by atoms with Crippen LogP contribution in [0.25, 0.3) is 10.4 Å². The van der Waals surface area contributed by atoms with E-state index in [0.29, 0.717) is 12.1 Å². The maximum absolute atomic E-state index is 10.6. The van der Waals surface area contributed by atoms with E-state index >= 15 is 0 Å². The second kappa shape index (κ2) is 4.71. The zero-order valence-corrected chi connectivity index (χ0v) is 8.29. The Morgan fingerprint density at radius 1 is 0.944 bits per heavy atom. The lowest BCUT2D eigenvalue weighted by Crippen LogP contribution is -1.98. The van der Waals surface area contributed by atoms with Crippen molar-refractivity contribution < 1.29 is 14.8 Å². The van der Waals surface area contributed by atoms with E-state index in [9.17, 15) is 30.3 Å². The Kier molecular flexibility index (Phi) is 3.35. The van der Waals surface area contributed by atoms with Gasteiger partial charge in [0.2, 0.25) is 0 Å². The van der Waals surface area contributed by atoms with Gasteiger partial charge < -0.3 is 0 Å². The van der Waals surface area contributed by atoms with Gasteiger partial charge >= 0.3 is 11.4 Å². The molecule has 0 fully saturated rings. The van der Waals surface area contributed by atoms with Crippen molar-refractivity contribution in [3.8, 4) is 0 Å². The molecule has 0 atom stereocenters. The first-order valence-corrected chi connectivity index (χ1v) is 4.04. The predicted molar refractivity (Wildman–Crippen MR) is 55.2 cm³/mol. The fraction of sp³-hybridized carbons (Fsp3) is 0. The first-order valence-electron chi connectivity index (χ1n) is 4.04. The Hall–Kier alpha value is -3.27. The maximum Gasteiger partial charge on any atom is 0.352 e. The van der Waals surface area contributed by atoms with Crippen molar-refractivity contribution in [2.45, 2.75) is 0 Å². The monoisotopic (exact) mass is 254 g/mol. The van der Waals surface area contributed by atoms with Gasteiger partial charge in [-0.1, -0.05) is 5.11 Å². The van der Waals surface area contributed by atoms with Crippen LogP contribution in [0, 0.1) is 30.3 Å². The topological polar surface area (TPSA) is 178 Å². The summed E-state index contributed by atoms with van der Waals surface area (Å²) in [5.74, 6) is 0. The van der Waals surface area contributed by atoms with Crippen molar-refractivity contribution in [3.63, 3.8) is 0 Å². The lowest BCUT2D eigenvalue weighted by molar-refractivity contribution is -0.424. The van der Waals surface area contributed by atoms with E-state index in [1.54, 1.807) is 0 Å². The molecule has 0 saturated carbocycles. The normalized spacial score (nSPS) is 9.33. The van der Waals surface area contributed by atoms with E-state index in [0.717, 1.165) is 0 Å². The van der Waals surface area contributed by atoms with Gasteiger partial charge in [-0.15, -0.1) is 0 Å². The van der Waals surface area contributed by atoms with Gasteiger partial charge in [-0.2, -0.15) is 0 Å². The van der Waals surface area contributed by atoms with E-state index in [-0.39, 0.29) is 0 Å². The van der Waals surface area contributed by atoms with E-state index in [4.69, 9.17) is 5.53 Å². The number of benzene rings is 1. The van der Waals surface area contributed by atoms with Gasteiger partial charge in [-0.3, -0.25) is 30.3 Å². The molecule has 12 nitrogen and oxygen atoms in total. The fourth-order valence-corrected chi connectivity index (χ4v) is 1.12. The summed E-state index contributed by atoms with van der Waals surface area (Å²) < 4.78 is 0. The second-order valence-electron chi connectivity index (χ2n) is 2.79. The number of azide groups is 1. The Morgan fingerprint density at radius 3 is 1.78 bits per heavy atom. The first kappa shape index (κ1) is 12.8. The van der Waals surface area contributed by atoms with Gasteiger partial charge in [0.1, 0.15) is 11.8 Å². The fourth-order valence-electron chi connectivity index (χ4n) is 1.12. The van der Waals surface area contributed by atoms with Gasteiger partial charge in [0, 0.05) is 11.0 Å². The summed E-state index contributed by atoms with van der Waals surface area (Å²) >= 11 is 0. The van der Waals surface area contributed by atoms with Gasteiger partial charge in [0.15, 0.2) is 0 Å². The molecule has 18 heavy (non-hydrogen) atoms. The van der Waals surface area contributed by atoms with Crippen molar-refractivity contribution in [3.05, 3.63) is 52.9 Å². The largest absolute Gasteiger partial charge is 0.352 e. The molecule has 1 aromatic rings. The Bertz CT molecular complexity index is 526. The predicted octanol–water partition coefficient (Wildman–Crippen LogP) is 2.35. The molecular formula is C6H2N6O6. The Labute approximate surface area is 96.5 Å². The highest BCUT2D eigenvalue weighted by Gasteiger charge is 2.30. The van der Waals surface area contributed by atoms with E-state index < -0.39 is 37.5 Å². The summed E-state index contributed by atoms with van der Waals surface area (Å²) in [6.07, 6.45) is 0. The number of hydrogen-bond acceptors (Lipinski definition) is 7. The first-order chi connectivity index (χ1) is 8.38. The van der Waals surface area contributed by atoms with Crippen molar-refractivity contribution in [1.82, 2.24) is 0 Å². The molecule has 0 unspecified atom stereocenters. The molecule has 1 aromatic carbocycles. The molecule has 0 aromatic heterocycles. The minimum absolute atomic E-state index is 0.377. The van der Waals surface area contributed by atoms with Crippen molar-refractivity contribution in [2.75, 3.05) is 0 Å². The summed E-state index contributed by atoms with van der Waals surface area (Å²) in [6.45, 7) is 0. The van der Waals surface area contributed by atoms with Crippen LogP contribution < -0.4 is 0 Å². The summed E-state index contributed by atoms with van der Waals surface area (Å²) in [7, 11) is 0. The minimum atomic E-state index is -1.13. The molecule has 0 aliphatic carbocycles. The van der Waals surface area contributed by atoms with Gasteiger partial charge in [-0.25, -0.2) is 0 Å². The molecule has 0 aliphatic rings. The van der Waals surface area contributed by atoms with Gasteiger partial charge in [-0.05, 0) is 5.53 Å². The molecule has 0 spiro atoms. The molecular weight excluding hydrogens is 252 g/mol. The molecule has 0 radical (unpaired) electrons. The molecule has 0 aliphatic heterocycles. The maximum atomic E-state index is 10.6. The molecule has 0 saturated heterocycles. The van der Waals surface area contributed by atoms with Crippen molar-refractivity contribution >= 4 is 22.7 Å². The van der Waals surface area contributed by atoms with Gasteiger partial charge in [0.05, 0.1) is 14.8 Å². The van der Waals surface area contributed by atoms with Crippen molar-refractivity contribution in [1.29, 1.82) is 0 Å². The molecule has 0 amide bonds. The van der Waals surface area contributed by atoms with Crippen LogP contribution in [-0.4, -0.2) is 14.8 Å². The van der Waals surface area contributed by atoms with Crippen LogP contribution >= 0.6 is 0 Å². The molecule has 12 heteroatoms. The quantitative estimate of drug-likeness (QED) is 0.261. The molecule has 0 N–H and O–H groups in total. The number of rotatable bonds is 4. The van der Waals surface area contributed by atoms with Crippen LogP contribution in [0.3, 0.4) is 0 Å². The average Bonchev–Trinajstić information content (AvgIpc) is 2.28. The lowest BCUT2D eigenvalue weighted by atomic mass is 10.2. The highest BCUT2D eigenvalue weighted by Crippen LogP contribution is 2.38. The summed E-state index contributed by atoms with van der Waals surface area (Å²) in [6, 6.07) is 0.859. The number of nitrogens with zero attached hydrogens (tertiary/aromatic N) is 6. The van der Waals surface area contributed by atoms with Crippen molar-refractivity contribution in [2.24, 2.45) is 5.11 Å². The van der Waals surface area contributed by atoms with Crippen LogP contribution in [0.15, 0.2) is 17.2 Å². The standard InChI is InChI=1S/C6H2N6O6/c7-9-8-3-1-5(11(15)16)6(12(17)18)2-4(3)10(13)14/h1-2H. The van der Waals surface area contributed by atoms with E-state index in [2.05, 4.69) is 10.0 Å². The molecule has 0 heterocycles. The number of nitro benzene ring substituents is 3. The second-order valence-corrected chi connectivity index (χ2v) is 2.79. The van der Waals surface area contributed by atoms with E-state index in [1.807, 2.05) is 0 Å². The average molecular weight is 254 g/mol. The van der Waals surface area contributed by atoms with Crippen LogP contribution in [0.2, 0.25) is 0 Å². The van der Waals surface area contributed by atoms with Crippen LogP contribution in [0.1, 0.15) is 0 Å². The molecule has 0 bridgehead atoms. The number of hydrogen-bond donors (Lipinski definition) is 0. The summed E-state index contributed by atoms with van der Waals surface area (Å²) in [4.78, 5) is 30.7. The summed E-state index contributed by atoms with van der Waals surface area (Å²) in [5, 5.41) is 34.6. The highest BCUT2D eigenvalue weighted by atomic mass is 16.6. The number of nitro groups is 3. The third kappa shape index (κ3) is 2.28. The summed E-state index contributed by atoms with van der Waals surface area (Å²) in [5.41, 5.74) is 4.57. The third-order valence-electron chi connectivity index (χ3n) is 1.81. The molecule has 1 rings (SSSR count). The van der Waals surface area contributed by atoms with Gasteiger partial charge in [0.25, 0.3) is 5.69 Å². The smallest absolute Gasteiger partial charge is 0.258 e. The van der Waals surface area contributed by atoms with Crippen LogP contribution in [0.4, 0.5) is 22.7 Å². The van der Waals surface area contributed by atoms with Crippen LogP contribution in [-0.2, 0) is 0 Å². The molecule has 92 valence electrons.